The van der Waals surface area contributed by atoms with Crippen LogP contribution in [0.25, 0.3) is 0 Å². The smallest absolute Gasteiger partial charge is 0.415 e. The number of carbonyl (C=O) groups excluding carboxylic acids is 1. The van der Waals surface area contributed by atoms with Gasteiger partial charge >= 0.3 is 6.09 Å². The van der Waals surface area contributed by atoms with Crippen molar-refractivity contribution in [2.75, 3.05) is 23.4 Å². The number of hydrogen-bond acceptors (Lipinski definition) is 6. The topological polar surface area (TPSA) is 76.6 Å². The second kappa shape index (κ2) is 7.96. The Morgan fingerprint density at radius 3 is 2.54 bits per heavy atom. The van der Waals surface area contributed by atoms with Crippen LogP contribution in [-0.2, 0) is 4.74 Å². The highest BCUT2D eigenvalue weighted by Crippen LogP contribution is 2.25. The lowest BCUT2D eigenvalue weighted by Gasteiger charge is -2.17. The molecule has 1 atom stereocenters. The molecule has 7 nitrogen and oxygen atoms in total. The molecule has 1 unspecified atom stereocenters. The second-order valence-electron chi connectivity index (χ2n) is 6.35. The van der Waals surface area contributed by atoms with E-state index in [1.165, 1.54) is 4.90 Å². The van der Waals surface area contributed by atoms with Gasteiger partial charge in [0.05, 0.1) is 12.6 Å². The molecule has 0 aliphatic carbocycles. The van der Waals surface area contributed by atoms with Crippen molar-refractivity contribution >= 4 is 17.9 Å². The zero-order chi connectivity index (χ0) is 19.3. The maximum absolute atomic E-state index is 11.7. The molecule has 0 bridgehead atoms. The first-order chi connectivity index (χ1) is 13.7. The SMILES string of the molecule is CC(Nc1nccc(N2CCOC2=O)n1)c1ccc(Oc2ccccc2)cc1. The summed E-state index contributed by atoms with van der Waals surface area (Å²) >= 11 is 0. The summed E-state index contributed by atoms with van der Waals surface area (Å²) in [7, 11) is 0. The standard InChI is InChI=1S/C21H20N4O3/c1-15(16-7-9-18(10-8-16)28-17-5-3-2-4-6-17)23-20-22-12-11-19(24-20)25-13-14-27-21(25)26/h2-12,15H,13-14H2,1H3,(H,22,23,24). The van der Waals surface area contributed by atoms with Crippen molar-refractivity contribution in [3.8, 4) is 11.5 Å². The quantitative estimate of drug-likeness (QED) is 0.687. The third-order valence-electron chi connectivity index (χ3n) is 4.38. The van der Waals surface area contributed by atoms with E-state index in [1.807, 2.05) is 61.5 Å². The molecule has 3 aromatic rings. The Bertz CT molecular complexity index is 947. The van der Waals surface area contributed by atoms with Crippen molar-refractivity contribution in [2.24, 2.45) is 0 Å². The Balaban J connectivity index is 1.42. The Labute approximate surface area is 163 Å². The van der Waals surface area contributed by atoms with Gasteiger partial charge in [-0.15, -0.1) is 0 Å². The van der Waals surface area contributed by atoms with Gasteiger partial charge in [-0.1, -0.05) is 30.3 Å². The lowest BCUT2D eigenvalue weighted by Crippen LogP contribution is -2.25. The molecule has 7 heteroatoms. The van der Waals surface area contributed by atoms with Crippen LogP contribution < -0.4 is 15.0 Å². The Hall–Kier alpha value is -3.61. The van der Waals surface area contributed by atoms with E-state index in [4.69, 9.17) is 9.47 Å². The van der Waals surface area contributed by atoms with E-state index in [9.17, 15) is 4.79 Å². The summed E-state index contributed by atoms with van der Waals surface area (Å²) in [5, 5.41) is 3.26. The average molecular weight is 376 g/mol. The van der Waals surface area contributed by atoms with Crippen LogP contribution in [-0.4, -0.2) is 29.2 Å². The van der Waals surface area contributed by atoms with Gasteiger partial charge < -0.3 is 14.8 Å². The van der Waals surface area contributed by atoms with Crippen LogP contribution in [0.4, 0.5) is 16.6 Å². The number of para-hydroxylation sites is 1. The second-order valence-corrected chi connectivity index (χ2v) is 6.35. The van der Waals surface area contributed by atoms with E-state index in [-0.39, 0.29) is 12.1 Å². The third-order valence-corrected chi connectivity index (χ3v) is 4.38. The number of benzene rings is 2. The zero-order valence-electron chi connectivity index (χ0n) is 15.4. The fourth-order valence-electron chi connectivity index (χ4n) is 2.90. The van der Waals surface area contributed by atoms with Gasteiger partial charge in [0.2, 0.25) is 5.95 Å². The van der Waals surface area contributed by atoms with Crippen molar-refractivity contribution < 1.29 is 14.3 Å². The average Bonchev–Trinajstić information content (AvgIpc) is 3.15. The summed E-state index contributed by atoms with van der Waals surface area (Å²) < 4.78 is 10.8. The molecule has 1 amide bonds. The number of rotatable bonds is 6. The number of cyclic esters (lactones) is 1. The molecule has 1 N–H and O–H groups in total. The molecule has 2 aromatic carbocycles. The lowest BCUT2D eigenvalue weighted by atomic mass is 10.1. The minimum absolute atomic E-state index is 0.0217. The fraction of sp³-hybridized carbons (Fsp3) is 0.190. The van der Waals surface area contributed by atoms with Crippen molar-refractivity contribution in [1.82, 2.24) is 9.97 Å². The molecule has 142 valence electrons. The number of amides is 1. The molecule has 28 heavy (non-hydrogen) atoms. The van der Waals surface area contributed by atoms with E-state index >= 15 is 0 Å². The van der Waals surface area contributed by atoms with Crippen LogP contribution in [0.1, 0.15) is 18.5 Å². The minimum atomic E-state index is -0.383. The van der Waals surface area contributed by atoms with Gasteiger partial charge in [-0.3, -0.25) is 4.90 Å². The van der Waals surface area contributed by atoms with Crippen LogP contribution in [0.15, 0.2) is 66.9 Å². The summed E-state index contributed by atoms with van der Waals surface area (Å²) in [5.74, 6) is 2.55. The van der Waals surface area contributed by atoms with Crippen LogP contribution >= 0.6 is 0 Å². The van der Waals surface area contributed by atoms with Crippen molar-refractivity contribution in [2.45, 2.75) is 13.0 Å². The van der Waals surface area contributed by atoms with Crippen molar-refractivity contribution in [3.05, 3.63) is 72.4 Å². The van der Waals surface area contributed by atoms with Gasteiger partial charge in [0.15, 0.2) is 0 Å². The number of anilines is 2. The molecule has 0 spiro atoms. The summed E-state index contributed by atoms with van der Waals surface area (Å²) in [5.41, 5.74) is 1.06. The molecular formula is C21H20N4O3. The molecule has 1 aliphatic heterocycles. The van der Waals surface area contributed by atoms with Crippen LogP contribution in [0.5, 0.6) is 11.5 Å². The minimum Gasteiger partial charge on any atom is -0.457 e. The van der Waals surface area contributed by atoms with Crippen LogP contribution in [0, 0.1) is 0 Å². The highest BCUT2D eigenvalue weighted by molar-refractivity contribution is 5.88. The molecule has 2 heterocycles. The number of nitrogens with zero attached hydrogens (tertiary/aromatic N) is 3. The summed E-state index contributed by atoms with van der Waals surface area (Å²) in [6.45, 7) is 2.89. The Morgan fingerprint density at radius 1 is 1.07 bits per heavy atom. The third kappa shape index (κ3) is 4.03. The molecule has 0 saturated carbocycles. The molecule has 0 radical (unpaired) electrons. The zero-order valence-corrected chi connectivity index (χ0v) is 15.4. The molecule has 1 fully saturated rings. The molecular weight excluding hydrogens is 356 g/mol. The van der Waals surface area contributed by atoms with Gasteiger partial charge in [-0.25, -0.2) is 9.78 Å². The van der Waals surface area contributed by atoms with E-state index in [0.29, 0.717) is 24.9 Å². The van der Waals surface area contributed by atoms with E-state index in [1.54, 1.807) is 12.3 Å². The molecule has 4 rings (SSSR count). The largest absolute Gasteiger partial charge is 0.457 e. The summed E-state index contributed by atoms with van der Waals surface area (Å²) in [6, 6.07) is 19.2. The highest BCUT2D eigenvalue weighted by Gasteiger charge is 2.25. The number of hydrogen-bond donors (Lipinski definition) is 1. The summed E-state index contributed by atoms with van der Waals surface area (Å²) in [4.78, 5) is 21.9. The monoisotopic (exact) mass is 376 g/mol. The Kier molecular flexibility index (Phi) is 5.05. The van der Waals surface area contributed by atoms with Gasteiger partial charge in [-0.2, -0.15) is 4.98 Å². The van der Waals surface area contributed by atoms with Crippen LogP contribution in [0.2, 0.25) is 0 Å². The van der Waals surface area contributed by atoms with E-state index < -0.39 is 0 Å². The molecule has 1 aliphatic rings. The number of carbonyl (C=O) groups is 1. The lowest BCUT2D eigenvalue weighted by molar-refractivity contribution is 0.181. The van der Waals surface area contributed by atoms with E-state index in [0.717, 1.165) is 17.1 Å². The number of ether oxygens (including phenoxy) is 2. The molecule has 1 saturated heterocycles. The predicted molar refractivity (Wildman–Crippen MR) is 106 cm³/mol. The maximum atomic E-state index is 11.7. The fourth-order valence-corrected chi connectivity index (χ4v) is 2.90. The normalized spacial score (nSPS) is 14.5. The van der Waals surface area contributed by atoms with Gasteiger partial charge in [0.25, 0.3) is 0 Å². The predicted octanol–water partition coefficient (Wildman–Crippen LogP) is 4.40. The van der Waals surface area contributed by atoms with Gasteiger partial charge in [0, 0.05) is 6.20 Å². The molecule has 1 aromatic heterocycles. The first-order valence-corrected chi connectivity index (χ1v) is 9.06. The Morgan fingerprint density at radius 2 is 1.82 bits per heavy atom. The van der Waals surface area contributed by atoms with Crippen LogP contribution in [0.3, 0.4) is 0 Å². The van der Waals surface area contributed by atoms with Crippen molar-refractivity contribution in [1.29, 1.82) is 0 Å². The summed E-state index contributed by atoms with van der Waals surface area (Å²) in [6.07, 6.45) is 1.24. The first kappa shape index (κ1) is 17.8. The first-order valence-electron chi connectivity index (χ1n) is 9.06. The van der Waals surface area contributed by atoms with Crippen molar-refractivity contribution in [3.63, 3.8) is 0 Å². The number of aromatic nitrogens is 2. The van der Waals surface area contributed by atoms with Gasteiger partial charge in [-0.05, 0) is 42.8 Å². The maximum Gasteiger partial charge on any atom is 0.415 e. The number of nitrogens with one attached hydrogen (secondary N) is 1. The highest BCUT2D eigenvalue weighted by atomic mass is 16.6. The van der Waals surface area contributed by atoms with Gasteiger partial charge in [0.1, 0.15) is 23.9 Å². The van der Waals surface area contributed by atoms with E-state index in [2.05, 4.69) is 15.3 Å².